The molecule has 0 aliphatic heterocycles. The predicted octanol–water partition coefficient (Wildman–Crippen LogP) is 3.02. The highest BCUT2D eigenvalue weighted by atomic mass is 35.5. The van der Waals surface area contributed by atoms with Crippen molar-refractivity contribution in [2.75, 3.05) is 13.7 Å². The van der Waals surface area contributed by atoms with Crippen LogP contribution in [0.1, 0.15) is 17.2 Å². The van der Waals surface area contributed by atoms with Crippen molar-refractivity contribution in [2.24, 2.45) is 0 Å². The van der Waals surface area contributed by atoms with Crippen LogP contribution in [0.15, 0.2) is 36.4 Å². The van der Waals surface area contributed by atoms with Gasteiger partial charge >= 0.3 is 0 Å². The number of nitrogens with one attached hydrogen (secondary N) is 1. The molecule has 4 nitrogen and oxygen atoms in total. The first kappa shape index (κ1) is 16.5. The van der Waals surface area contributed by atoms with Gasteiger partial charge in [-0.25, -0.2) is 4.39 Å². The van der Waals surface area contributed by atoms with E-state index < -0.39 is 11.9 Å². The van der Waals surface area contributed by atoms with Crippen LogP contribution < -0.4 is 10.1 Å². The van der Waals surface area contributed by atoms with E-state index in [9.17, 15) is 14.6 Å². The van der Waals surface area contributed by atoms with Gasteiger partial charge in [-0.1, -0.05) is 23.7 Å². The van der Waals surface area contributed by atoms with Crippen molar-refractivity contribution in [3.05, 3.63) is 58.4 Å². The lowest BCUT2D eigenvalue weighted by Crippen LogP contribution is -2.21. The Morgan fingerprint density at radius 1 is 1.27 bits per heavy atom. The zero-order valence-corrected chi connectivity index (χ0v) is 12.8. The Morgan fingerprint density at radius 2 is 2.05 bits per heavy atom. The Labute approximate surface area is 133 Å². The number of benzene rings is 2. The van der Waals surface area contributed by atoms with Gasteiger partial charge in [0.2, 0.25) is 0 Å². The average Bonchev–Trinajstić information content (AvgIpc) is 2.51. The fourth-order valence-electron chi connectivity index (χ4n) is 2.00. The van der Waals surface area contributed by atoms with Gasteiger partial charge in [0.25, 0.3) is 0 Å². The molecule has 0 spiro atoms. The number of methoxy groups -OCH3 is 1. The third-order valence-corrected chi connectivity index (χ3v) is 3.58. The number of aliphatic hydroxyl groups is 1. The van der Waals surface area contributed by atoms with E-state index in [1.54, 1.807) is 18.2 Å². The van der Waals surface area contributed by atoms with E-state index in [1.807, 2.05) is 0 Å². The third kappa shape index (κ3) is 4.10. The predicted molar refractivity (Wildman–Crippen MR) is 82.7 cm³/mol. The van der Waals surface area contributed by atoms with Gasteiger partial charge in [-0.2, -0.15) is 0 Å². The normalized spacial score (nSPS) is 12.2. The lowest BCUT2D eigenvalue weighted by molar-refractivity contribution is 0.174. The van der Waals surface area contributed by atoms with E-state index >= 15 is 0 Å². The van der Waals surface area contributed by atoms with Crippen LogP contribution in [0.25, 0.3) is 0 Å². The molecule has 0 radical (unpaired) electrons. The molecule has 0 heterocycles. The molecule has 0 aliphatic carbocycles. The number of phenols is 1. The van der Waals surface area contributed by atoms with E-state index in [0.29, 0.717) is 23.4 Å². The van der Waals surface area contributed by atoms with E-state index in [0.717, 1.165) is 0 Å². The monoisotopic (exact) mass is 325 g/mol. The van der Waals surface area contributed by atoms with Crippen LogP contribution in [0.2, 0.25) is 5.02 Å². The molecular formula is C16H17ClFNO3. The van der Waals surface area contributed by atoms with E-state index in [2.05, 4.69) is 5.32 Å². The highest BCUT2D eigenvalue weighted by Crippen LogP contribution is 2.23. The first-order valence-corrected chi connectivity index (χ1v) is 7.08. The van der Waals surface area contributed by atoms with Crippen LogP contribution in [0.5, 0.6) is 11.5 Å². The SMILES string of the molecule is COc1ccc(CNCC(O)c2ccc(Cl)c(F)c2)c(O)c1. The number of rotatable bonds is 6. The van der Waals surface area contributed by atoms with Crippen LogP contribution in [0.4, 0.5) is 4.39 Å². The maximum atomic E-state index is 13.3. The first-order valence-electron chi connectivity index (χ1n) is 6.71. The molecule has 0 saturated heterocycles. The van der Waals surface area contributed by atoms with Gasteiger partial charge in [-0.15, -0.1) is 0 Å². The first-order chi connectivity index (χ1) is 10.5. The molecule has 118 valence electrons. The minimum atomic E-state index is -0.868. The second kappa shape index (κ2) is 7.45. The number of aromatic hydroxyl groups is 1. The Morgan fingerprint density at radius 3 is 2.68 bits per heavy atom. The fourth-order valence-corrected chi connectivity index (χ4v) is 2.12. The Kier molecular flexibility index (Phi) is 5.60. The standard InChI is InChI=1S/C16H17ClFNO3/c1-22-12-4-2-11(15(20)7-12)8-19-9-16(21)10-3-5-13(17)14(18)6-10/h2-7,16,19-21H,8-9H2,1H3. The maximum Gasteiger partial charge on any atom is 0.142 e. The van der Waals surface area contributed by atoms with Crippen molar-refractivity contribution in [1.29, 1.82) is 0 Å². The molecule has 22 heavy (non-hydrogen) atoms. The summed E-state index contributed by atoms with van der Waals surface area (Å²) in [6.07, 6.45) is -0.868. The number of aliphatic hydroxyl groups excluding tert-OH is 1. The fraction of sp³-hybridized carbons (Fsp3) is 0.250. The van der Waals surface area contributed by atoms with Crippen molar-refractivity contribution in [2.45, 2.75) is 12.6 Å². The topological polar surface area (TPSA) is 61.7 Å². The van der Waals surface area contributed by atoms with Crippen molar-refractivity contribution in [3.8, 4) is 11.5 Å². The van der Waals surface area contributed by atoms with Crippen molar-refractivity contribution in [1.82, 2.24) is 5.32 Å². The van der Waals surface area contributed by atoms with Gasteiger partial charge < -0.3 is 20.3 Å². The maximum absolute atomic E-state index is 13.3. The van der Waals surface area contributed by atoms with Crippen LogP contribution in [0.3, 0.4) is 0 Å². The van der Waals surface area contributed by atoms with Gasteiger partial charge in [0.05, 0.1) is 18.2 Å². The van der Waals surface area contributed by atoms with Gasteiger partial charge in [0, 0.05) is 24.7 Å². The summed E-state index contributed by atoms with van der Waals surface area (Å²) in [4.78, 5) is 0. The summed E-state index contributed by atoms with van der Waals surface area (Å²) in [5.41, 5.74) is 1.11. The number of halogens is 2. The van der Waals surface area contributed by atoms with Crippen molar-refractivity contribution < 1.29 is 19.3 Å². The Balaban J connectivity index is 1.91. The summed E-state index contributed by atoms with van der Waals surface area (Å²) < 4.78 is 18.3. The van der Waals surface area contributed by atoms with E-state index in [4.69, 9.17) is 16.3 Å². The van der Waals surface area contributed by atoms with E-state index in [1.165, 1.54) is 25.3 Å². The summed E-state index contributed by atoms with van der Waals surface area (Å²) in [7, 11) is 1.52. The second-order valence-corrected chi connectivity index (χ2v) is 5.22. The third-order valence-electron chi connectivity index (χ3n) is 3.27. The molecular weight excluding hydrogens is 309 g/mol. The van der Waals surface area contributed by atoms with Crippen molar-refractivity contribution >= 4 is 11.6 Å². The van der Waals surface area contributed by atoms with E-state index in [-0.39, 0.29) is 17.3 Å². The largest absolute Gasteiger partial charge is 0.507 e. The molecule has 3 N–H and O–H groups in total. The number of hydrogen-bond donors (Lipinski definition) is 3. The zero-order chi connectivity index (χ0) is 16.1. The lowest BCUT2D eigenvalue weighted by Gasteiger charge is -2.13. The second-order valence-electron chi connectivity index (χ2n) is 4.81. The molecule has 2 aromatic carbocycles. The summed E-state index contributed by atoms with van der Waals surface area (Å²) in [6, 6.07) is 9.17. The smallest absolute Gasteiger partial charge is 0.142 e. The molecule has 0 bridgehead atoms. The van der Waals surface area contributed by atoms with Gasteiger partial charge in [0.15, 0.2) is 0 Å². The molecule has 0 saturated carbocycles. The minimum Gasteiger partial charge on any atom is -0.507 e. The lowest BCUT2D eigenvalue weighted by atomic mass is 10.1. The number of phenolic OH excluding ortho intramolecular Hbond substituents is 1. The summed E-state index contributed by atoms with van der Waals surface area (Å²) in [5, 5.41) is 22.9. The molecule has 0 aromatic heterocycles. The molecule has 2 aromatic rings. The molecule has 1 unspecified atom stereocenters. The van der Waals surface area contributed by atoms with Gasteiger partial charge in [0.1, 0.15) is 17.3 Å². The van der Waals surface area contributed by atoms with Crippen LogP contribution in [-0.4, -0.2) is 23.9 Å². The zero-order valence-electron chi connectivity index (χ0n) is 12.0. The van der Waals surface area contributed by atoms with Crippen LogP contribution in [-0.2, 0) is 6.54 Å². The molecule has 0 aliphatic rings. The van der Waals surface area contributed by atoms with Crippen LogP contribution in [0, 0.1) is 5.82 Å². The van der Waals surface area contributed by atoms with Crippen LogP contribution >= 0.6 is 11.6 Å². The Bertz CT molecular complexity index is 651. The summed E-state index contributed by atoms with van der Waals surface area (Å²) in [5.74, 6) is 0.114. The van der Waals surface area contributed by atoms with Crippen molar-refractivity contribution in [3.63, 3.8) is 0 Å². The minimum absolute atomic E-state index is 0.0204. The molecule has 0 amide bonds. The molecule has 0 fully saturated rings. The Hall–Kier alpha value is -1.82. The summed E-state index contributed by atoms with van der Waals surface area (Å²) >= 11 is 5.60. The molecule has 2 rings (SSSR count). The van der Waals surface area contributed by atoms with Gasteiger partial charge in [-0.3, -0.25) is 0 Å². The molecule has 6 heteroatoms. The summed E-state index contributed by atoms with van der Waals surface area (Å²) in [6.45, 7) is 0.579. The quantitative estimate of drug-likeness (QED) is 0.764. The average molecular weight is 326 g/mol. The number of ether oxygens (including phenoxy) is 1. The highest BCUT2D eigenvalue weighted by molar-refractivity contribution is 6.30. The molecule has 1 atom stereocenters. The van der Waals surface area contributed by atoms with Gasteiger partial charge in [-0.05, 0) is 23.8 Å². The highest BCUT2D eigenvalue weighted by Gasteiger charge is 2.10. The number of hydrogen-bond acceptors (Lipinski definition) is 4.